The highest BCUT2D eigenvalue weighted by atomic mass is 16.5. The number of H-pyrrole nitrogens is 1. The zero-order valence-electron chi connectivity index (χ0n) is 12.9. The predicted octanol–water partition coefficient (Wildman–Crippen LogP) is 2.89. The van der Waals surface area contributed by atoms with Crippen LogP contribution in [0.15, 0.2) is 30.6 Å². The maximum absolute atomic E-state index is 5.38. The van der Waals surface area contributed by atoms with Crippen molar-refractivity contribution in [2.75, 3.05) is 21.3 Å². The lowest BCUT2D eigenvalue weighted by atomic mass is 10.1. The molecule has 0 amide bonds. The van der Waals surface area contributed by atoms with Gasteiger partial charge in [-0.15, -0.1) is 0 Å². The molecule has 21 heavy (non-hydrogen) atoms. The van der Waals surface area contributed by atoms with Crippen molar-refractivity contribution in [3.8, 4) is 17.2 Å². The van der Waals surface area contributed by atoms with Gasteiger partial charge in [0.15, 0.2) is 11.5 Å². The molecule has 1 heterocycles. The fourth-order valence-corrected chi connectivity index (χ4v) is 2.21. The van der Waals surface area contributed by atoms with Crippen LogP contribution < -0.4 is 19.5 Å². The second-order valence-corrected chi connectivity index (χ2v) is 4.78. The summed E-state index contributed by atoms with van der Waals surface area (Å²) in [5.74, 6) is 1.95. The molecule has 1 aromatic carbocycles. The third kappa shape index (κ3) is 3.49. The molecule has 0 radical (unpaired) electrons. The van der Waals surface area contributed by atoms with Crippen molar-refractivity contribution >= 4 is 0 Å². The molecular formula is C16H22N2O3. The largest absolute Gasteiger partial charge is 0.493 e. The maximum atomic E-state index is 5.38. The Morgan fingerprint density at radius 2 is 1.76 bits per heavy atom. The molecule has 2 N–H and O–H groups in total. The van der Waals surface area contributed by atoms with Crippen LogP contribution in [0.3, 0.4) is 0 Å². The Morgan fingerprint density at radius 1 is 1.10 bits per heavy atom. The fraction of sp³-hybridized carbons (Fsp3) is 0.375. The van der Waals surface area contributed by atoms with Crippen molar-refractivity contribution in [2.45, 2.75) is 19.5 Å². The molecule has 0 aliphatic carbocycles. The summed E-state index contributed by atoms with van der Waals surface area (Å²) in [5, 5.41) is 3.47. The van der Waals surface area contributed by atoms with Crippen LogP contribution in [0.4, 0.5) is 0 Å². The Morgan fingerprint density at radius 3 is 2.24 bits per heavy atom. The van der Waals surface area contributed by atoms with Crippen LogP contribution in [0.2, 0.25) is 0 Å². The minimum absolute atomic E-state index is 0.161. The molecule has 0 fully saturated rings. The number of hydrogen-bond donors (Lipinski definition) is 2. The Hall–Kier alpha value is -2.14. The third-order valence-electron chi connectivity index (χ3n) is 3.46. The predicted molar refractivity (Wildman–Crippen MR) is 82.1 cm³/mol. The lowest BCUT2D eigenvalue weighted by Crippen LogP contribution is -2.18. The zero-order valence-corrected chi connectivity index (χ0v) is 12.9. The van der Waals surface area contributed by atoms with Gasteiger partial charge in [0.2, 0.25) is 5.75 Å². The number of aromatic amines is 1. The van der Waals surface area contributed by atoms with Crippen LogP contribution in [0, 0.1) is 0 Å². The standard InChI is InChI=1S/C16H22N2O3/c1-11(18-10-12-5-6-17-9-12)13-7-14(19-2)16(21-4)15(8-13)20-3/h5-9,11,17-18H,10H2,1-4H3/t11-/m1/s1. The average Bonchev–Trinajstić information content (AvgIpc) is 3.04. The van der Waals surface area contributed by atoms with Gasteiger partial charge in [0, 0.05) is 25.0 Å². The smallest absolute Gasteiger partial charge is 0.203 e. The Bertz CT molecular complexity index is 542. The van der Waals surface area contributed by atoms with Crippen molar-refractivity contribution in [3.63, 3.8) is 0 Å². The second-order valence-electron chi connectivity index (χ2n) is 4.78. The quantitative estimate of drug-likeness (QED) is 0.823. The van der Waals surface area contributed by atoms with E-state index in [2.05, 4.69) is 23.3 Å². The van der Waals surface area contributed by atoms with Crippen molar-refractivity contribution in [1.29, 1.82) is 0 Å². The van der Waals surface area contributed by atoms with E-state index in [0.717, 1.165) is 12.1 Å². The molecular weight excluding hydrogens is 268 g/mol. The number of hydrogen-bond acceptors (Lipinski definition) is 4. The average molecular weight is 290 g/mol. The van der Waals surface area contributed by atoms with E-state index in [-0.39, 0.29) is 6.04 Å². The first kappa shape index (κ1) is 15.3. The molecule has 2 rings (SSSR count). The monoisotopic (exact) mass is 290 g/mol. The van der Waals surface area contributed by atoms with E-state index in [0.29, 0.717) is 17.2 Å². The highest BCUT2D eigenvalue weighted by Crippen LogP contribution is 2.39. The molecule has 0 saturated carbocycles. The van der Waals surface area contributed by atoms with Gasteiger partial charge < -0.3 is 24.5 Å². The van der Waals surface area contributed by atoms with Crippen LogP contribution in [0.25, 0.3) is 0 Å². The number of methoxy groups -OCH3 is 3. The van der Waals surface area contributed by atoms with Crippen molar-refractivity contribution in [2.24, 2.45) is 0 Å². The lowest BCUT2D eigenvalue weighted by molar-refractivity contribution is 0.323. The fourth-order valence-electron chi connectivity index (χ4n) is 2.21. The summed E-state index contributed by atoms with van der Waals surface area (Å²) in [6, 6.07) is 6.15. The summed E-state index contributed by atoms with van der Waals surface area (Å²) in [4.78, 5) is 3.05. The molecule has 0 unspecified atom stereocenters. The first-order chi connectivity index (χ1) is 10.2. The van der Waals surface area contributed by atoms with E-state index >= 15 is 0 Å². The molecule has 0 aliphatic rings. The Balaban J connectivity index is 2.18. The van der Waals surface area contributed by atoms with Gasteiger partial charge in [-0.25, -0.2) is 0 Å². The normalized spacial score (nSPS) is 12.0. The number of benzene rings is 1. The summed E-state index contributed by atoms with van der Waals surface area (Å²) in [7, 11) is 4.85. The SMILES string of the molecule is COc1cc([C@@H](C)NCc2cc[nH]c2)cc(OC)c1OC. The minimum Gasteiger partial charge on any atom is -0.493 e. The van der Waals surface area contributed by atoms with Crippen molar-refractivity contribution in [3.05, 3.63) is 41.7 Å². The molecule has 0 aliphatic heterocycles. The molecule has 5 heteroatoms. The van der Waals surface area contributed by atoms with Crippen LogP contribution >= 0.6 is 0 Å². The zero-order chi connectivity index (χ0) is 15.2. The van der Waals surface area contributed by atoms with Gasteiger partial charge in [0.05, 0.1) is 21.3 Å². The van der Waals surface area contributed by atoms with Crippen LogP contribution in [-0.4, -0.2) is 26.3 Å². The highest BCUT2D eigenvalue weighted by molar-refractivity contribution is 5.54. The Labute approximate surface area is 125 Å². The minimum atomic E-state index is 0.161. The second kappa shape index (κ2) is 7.04. The van der Waals surface area contributed by atoms with E-state index < -0.39 is 0 Å². The Kier molecular flexibility index (Phi) is 5.11. The number of ether oxygens (including phenoxy) is 3. The summed E-state index contributed by atoms with van der Waals surface area (Å²) in [6.07, 6.45) is 3.90. The molecule has 2 aromatic rings. The molecule has 0 spiro atoms. The summed E-state index contributed by atoms with van der Waals surface area (Å²) in [6.45, 7) is 2.90. The molecule has 0 bridgehead atoms. The van der Waals surface area contributed by atoms with Crippen LogP contribution in [0.5, 0.6) is 17.2 Å². The third-order valence-corrected chi connectivity index (χ3v) is 3.46. The summed E-state index contributed by atoms with van der Waals surface area (Å²) >= 11 is 0. The number of aromatic nitrogens is 1. The molecule has 114 valence electrons. The van der Waals surface area contributed by atoms with Gasteiger partial charge in [-0.1, -0.05) is 0 Å². The van der Waals surface area contributed by atoms with Gasteiger partial charge in [-0.05, 0) is 36.2 Å². The molecule has 5 nitrogen and oxygen atoms in total. The molecule has 0 saturated heterocycles. The first-order valence-corrected chi connectivity index (χ1v) is 6.84. The van der Waals surface area contributed by atoms with Gasteiger partial charge in [-0.3, -0.25) is 0 Å². The van der Waals surface area contributed by atoms with E-state index in [1.165, 1.54) is 5.56 Å². The van der Waals surface area contributed by atoms with E-state index in [4.69, 9.17) is 14.2 Å². The van der Waals surface area contributed by atoms with Crippen molar-refractivity contribution < 1.29 is 14.2 Å². The first-order valence-electron chi connectivity index (χ1n) is 6.84. The van der Waals surface area contributed by atoms with E-state index in [9.17, 15) is 0 Å². The highest BCUT2D eigenvalue weighted by Gasteiger charge is 2.16. The van der Waals surface area contributed by atoms with Crippen LogP contribution in [0.1, 0.15) is 24.1 Å². The van der Waals surface area contributed by atoms with Gasteiger partial charge in [0.25, 0.3) is 0 Å². The van der Waals surface area contributed by atoms with E-state index in [1.54, 1.807) is 21.3 Å². The number of nitrogens with one attached hydrogen (secondary N) is 2. The van der Waals surface area contributed by atoms with Crippen molar-refractivity contribution in [1.82, 2.24) is 10.3 Å². The maximum Gasteiger partial charge on any atom is 0.203 e. The van der Waals surface area contributed by atoms with Gasteiger partial charge >= 0.3 is 0 Å². The van der Waals surface area contributed by atoms with E-state index in [1.807, 2.05) is 24.5 Å². The van der Waals surface area contributed by atoms with Gasteiger partial charge in [0.1, 0.15) is 0 Å². The van der Waals surface area contributed by atoms with Gasteiger partial charge in [-0.2, -0.15) is 0 Å². The van der Waals surface area contributed by atoms with Crippen LogP contribution in [-0.2, 0) is 6.54 Å². The summed E-state index contributed by atoms with van der Waals surface area (Å²) in [5.41, 5.74) is 2.30. The lowest BCUT2D eigenvalue weighted by Gasteiger charge is -2.18. The topological polar surface area (TPSA) is 55.5 Å². The number of rotatable bonds is 7. The molecule has 1 aromatic heterocycles. The summed E-state index contributed by atoms with van der Waals surface area (Å²) < 4.78 is 16.1. The molecule has 1 atom stereocenters.